The summed E-state index contributed by atoms with van der Waals surface area (Å²) in [6.45, 7) is 7.13. The summed E-state index contributed by atoms with van der Waals surface area (Å²) >= 11 is 0. The quantitative estimate of drug-likeness (QED) is 0.847. The van der Waals surface area contributed by atoms with Gasteiger partial charge in [-0.05, 0) is 48.8 Å². The zero-order valence-corrected chi connectivity index (χ0v) is 11.1. The van der Waals surface area contributed by atoms with Crippen molar-refractivity contribution in [1.29, 1.82) is 0 Å². The normalized spacial score (nSPS) is 17.2. The van der Waals surface area contributed by atoms with Crippen LogP contribution in [0.1, 0.15) is 43.7 Å². The Hall–Kier alpha value is -1.02. The molecule has 2 N–H and O–H groups in total. The Morgan fingerprint density at radius 1 is 1.35 bits per heavy atom. The number of benzene rings is 1. The number of hydrogen-bond acceptors (Lipinski definition) is 2. The van der Waals surface area contributed by atoms with Crippen molar-refractivity contribution in [3.05, 3.63) is 29.3 Å². The van der Waals surface area contributed by atoms with Gasteiger partial charge in [0.2, 0.25) is 0 Å². The highest BCUT2D eigenvalue weighted by molar-refractivity contribution is 5.37. The van der Waals surface area contributed by atoms with Gasteiger partial charge in [0.25, 0.3) is 0 Å². The first-order valence-corrected chi connectivity index (χ1v) is 6.57. The van der Waals surface area contributed by atoms with Crippen molar-refractivity contribution >= 4 is 0 Å². The third-order valence-corrected chi connectivity index (χ3v) is 3.54. The second kappa shape index (κ2) is 5.09. The largest absolute Gasteiger partial charge is 0.492 e. The lowest BCUT2D eigenvalue weighted by Crippen LogP contribution is -2.30. The Bertz CT molecular complexity index is 383. The van der Waals surface area contributed by atoms with Gasteiger partial charge in [0.15, 0.2) is 0 Å². The maximum absolute atomic E-state index is 6.05. The fourth-order valence-electron chi connectivity index (χ4n) is 1.98. The van der Waals surface area contributed by atoms with Crippen molar-refractivity contribution < 1.29 is 4.74 Å². The van der Waals surface area contributed by atoms with E-state index >= 15 is 0 Å². The number of nitrogens with two attached hydrogens (primary N) is 1. The molecule has 1 unspecified atom stereocenters. The number of rotatable bonds is 5. The van der Waals surface area contributed by atoms with Gasteiger partial charge in [0.1, 0.15) is 12.4 Å². The minimum atomic E-state index is 0.206. The summed E-state index contributed by atoms with van der Waals surface area (Å²) in [7, 11) is 0. The van der Waals surface area contributed by atoms with E-state index in [0.29, 0.717) is 18.4 Å². The van der Waals surface area contributed by atoms with Crippen LogP contribution in [-0.2, 0) is 0 Å². The first-order chi connectivity index (χ1) is 8.08. The van der Waals surface area contributed by atoms with Crippen LogP contribution in [-0.4, -0.2) is 12.6 Å². The van der Waals surface area contributed by atoms with E-state index in [1.54, 1.807) is 0 Å². The van der Waals surface area contributed by atoms with E-state index < -0.39 is 0 Å². The second-order valence-corrected chi connectivity index (χ2v) is 5.49. The molecule has 2 rings (SSSR count). The molecule has 0 heterocycles. The van der Waals surface area contributed by atoms with Crippen LogP contribution in [0.4, 0.5) is 0 Å². The highest BCUT2D eigenvalue weighted by Crippen LogP contribution is 2.32. The minimum Gasteiger partial charge on any atom is -0.492 e. The SMILES string of the molecule is Cc1ccc(C(C)C)cc1OCC(N)C1CC1. The van der Waals surface area contributed by atoms with E-state index in [4.69, 9.17) is 10.5 Å². The summed E-state index contributed by atoms with van der Waals surface area (Å²) in [5.74, 6) is 2.23. The van der Waals surface area contributed by atoms with Crippen LogP contribution in [0.5, 0.6) is 5.75 Å². The first-order valence-electron chi connectivity index (χ1n) is 6.57. The lowest BCUT2D eigenvalue weighted by molar-refractivity contribution is 0.274. The standard InChI is InChI=1S/C15H23NO/c1-10(2)13-5-4-11(3)15(8-13)17-9-14(16)12-6-7-12/h4-5,8,10,12,14H,6-7,9,16H2,1-3H3. The van der Waals surface area contributed by atoms with E-state index in [1.807, 2.05) is 0 Å². The van der Waals surface area contributed by atoms with Crippen LogP contribution in [0.25, 0.3) is 0 Å². The van der Waals surface area contributed by atoms with Crippen molar-refractivity contribution in [2.45, 2.75) is 45.6 Å². The molecule has 1 aliphatic rings. The molecule has 2 nitrogen and oxygen atoms in total. The van der Waals surface area contributed by atoms with E-state index in [0.717, 1.165) is 5.75 Å². The summed E-state index contributed by atoms with van der Waals surface area (Å²) < 4.78 is 5.87. The van der Waals surface area contributed by atoms with Gasteiger partial charge in [-0.15, -0.1) is 0 Å². The number of hydrogen-bond donors (Lipinski definition) is 1. The summed E-state index contributed by atoms with van der Waals surface area (Å²) in [6, 6.07) is 6.66. The molecule has 0 radical (unpaired) electrons. The summed E-state index contributed by atoms with van der Waals surface area (Å²) in [5, 5.41) is 0. The minimum absolute atomic E-state index is 0.206. The van der Waals surface area contributed by atoms with Gasteiger partial charge in [-0.25, -0.2) is 0 Å². The molecule has 1 atom stereocenters. The molecule has 0 saturated heterocycles. The molecule has 17 heavy (non-hydrogen) atoms. The molecule has 1 aliphatic carbocycles. The van der Waals surface area contributed by atoms with Gasteiger partial charge in [-0.3, -0.25) is 0 Å². The zero-order chi connectivity index (χ0) is 12.4. The third kappa shape index (κ3) is 3.22. The molecular formula is C15H23NO. The fraction of sp³-hybridized carbons (Fsp3) is 0.600. The molecule has 1 fully saturated rings. The molecule has 0 aromatic heterocycles. The Morgan fingerprint density at radius 3 is 2.65 bits per heavy atom. The highest BCUT2D eigenvalue weighted by Gasteiger charge is 2.28. The summed E-state index contributed by atoms with van der Waals surface area (Å²) in [5.41, 5.74) is 8.57. The zero-order valence-electron chi connectivity index (χ0n) is 11.1. The molecule has 2 heteroatoms. The van der Waals surface area contributed by atoms with Gasteiger partial charge >= 0.3 is 0 Å². The highest BCUT2D eigenvalue weighted by atomic mass is 16.5. The average molecular weight is 233 g/mol. The van der Waals surface area contributed by atoms with E-state index in [9.17, 15) is 0 Å². The molecule has 1 aromatic carbocycles. The van der Waals surface area contributed by atoms with E-state index in [-0.39, 0.29) is 6.04 Å². The Balaban J connectivity index is 2.00. The maximum atomic E-state index is 6.05. The van der Waals surface area contributed by atoms with Crippen molar-refractivity contribution in [3.8, 4) is 5.75 Å². The van der Waals surface area contributed by atoms with Crippen molar-refractivity contribution in [1.82, 2.24) is 0 Å². The van der Waals surface area contributed by atoms with E-state index in [1.165, 1.54) is 24.0 Å². The van der Waals surface area contributed by atoms with Gasteiger partial charge in [0.05, 0.1) is 0 Å². The van der Waals surface area contributed by atoms with Gasteiger partial charge in [-0.2, -0.15) is 0 Å². The lowest BCUT2D eigenvalue weighted by atomic mass is 10.0. The topological polar surface area (TPSA) is 35.2 Å². The predicted octanol–water partition coefficient (Wildman–Crippen LogP) is 3.23. The van der Waals surface area contributed by atoms with Crippen LogP contribution in [0, 0.1) is 12.8 Å². The number of ether oxygens (including phenoxy) is 1. The molecule has 0 amide bonds. The average Bonchev–Trinajstić information content (AvgIpc) is 3.11. The van der Waals surface area contributed by atoms with Crippen LogP contribution in [0.3, 0.4) is 0 Å². The predicted molar refractivity (Wildman–Crippen MR) is 71.5 cm³/mol. The Kier molecular flexibility index (Phi) is 3.72. The molecule has 0 spiro atoms. The Morgan fingerprint density at radius 2 is 2.06 bits per heavy atom. The summed E-state index contributed by atoms with van der Waals surface area (Å²) in [4.78, 5) is 0. The molecule has 0 aliphatic heterocycles. The summed E-state index contributed by atoms with van der Waals surface area (Å²) in [6.07, 6.45) is 2.55. The second-order valence-electron chi connectivity index (χ2n) is 5.49. The smallest absolute Gasteiger partial charge is 0.122 e. The third-order valence-electron chi connectivity index (χ3n) is 3.54. The van der Waals surface area contributed by atoms with Crippen LogP contribution in [0.15, 0.2) is 18.2 Å². The van der Waals surface area contributed by atoms with Crippen LogP contribution < -0.4 is 10.5 Å². The van der Waals surface area contributed by atoms with Crippen LogP contribution in [0.2, 0.25) is 0 Å². The van der Waals surface area contributed by atoms with Crippen molar-refractivity contribution in [3.63, 3.8) is 0 Å². The van der Waals surface area contributed by atoms with E-state index in [2.05, 4.69) is 39.0 Å². The molecule has 1 saturated carbocycles. The molecule has 0 bridgehead atoms. The maximum Gasteiger partial charge on any atom is 0.122 e. The molecule has 94 valence electrons. The first kappa shape index (κ1) is 12.4. The number of aryl methyl sites for hydroxylation is 1. The molecule has 1 aromatic rings. The van der Waals surface area contributed by atoms with Gasteiger partial charge < -0.3 is 10.5 Å². The van der Waals surface area contributed by atoms with Crippen molar-refractivity contribution in [2.75, 3.05) is 6.61 Å². The Labute approximate surface area is 104 Å². The monoisotopic (exact) mass is 233 g/mol. The van der Waals surface area contributed by atoms with Gasteiger partial charge in [-0.1, -0.05) is 26.0 Å². The molecular weight excluding hydrogens is 210 g/mol. The fourth-order valence-corrected chi connectivity index (χ4v) is 1.98. The lowest BCUT2D eigenvalue weighted by Gasteiger charge is -2.15. The van der Waals surface area contributed by atoms with Crippen molar-refractivity contribution in [2.24, 2.45) is 11.7 Å². The van der Waals surface area contributed by atoms with Gasteiger partial charge in [0, 0.05) is 6.04 Å². The van der Waals surface area contributed by atoms with Crippen LogP contribution >= 0.6 is 0 Å².